The Bertz CT molecular complexity index is 392. The smallest absolute Gasteiger partial charge is 0.284 e. The lowest BCUT2D eigenvalue weighted by Gasteiger charge is -1.99. The molecule has 0 spiro atoms. The predicted molar refractivity (Wildman–Crippen MR) is 54.2 cm³/mol. The van der Waals surface area contributed by atoms with Gasteiger partial charge in [0, 0.05) is 11.6 Å². The van der Waals surface area contributed by atoms with Gasteiger partial charge in [0.2, 0.25) is 0 Å². The van der Waals surface area contributed by atoms with Crippen LogP contribution in [-0.2, 0) is 0 Å². The number of carbonyl (C=O) groups excluding carboxylic acids is 1. The average molecular weight is 259 g/mol. The van der Waals surface area contributed by atoms with E-state index in [1.165, 1.54) is 18.2 Å². The van der Waals surface area contributed by atoms with Crippen LogP contribution in [-0.4, -0.2) is 17.3 Å². The number of hydrogen-bond donors (Lipinski definition) is 1. The normalized spacial score (nSPS) is 9.86. The summed E-state index contributed by atoms with van der Waals surface area (Å²) in [5.74, 6) is -0.319. The zero-order valence-electron chi connectivity index (χ0n) is 7.07. The molecule has 0 aliphatic heterocycles. The number of nitrogens with two attached hydrogens (primary N) is 1. The Labute approximate surface area is 88.2 Å². The lowest BCUT2D eigenvalue weighted by molar-refractivity contribution is -0.385. The van der Waals surface area contributed by atoms with Crippen molar-refractivity contribution in [1.29, 1.82) is 0 Å². The van der Waals surface area contributed by atoms with E-state index < -0.39 is 4.92 Å². The summed E-state index contributed by atoms with van der Waals surface area (Å²) in [4.78, 5) is 21.1. The van der Waals surface area contributed by atoms with Crippen LogP contribution in [0.15, 0.2) is 22.7 Å². The minimum Gasteiger partial charge on any atom is -0.324 e. The fourth-order valence-electron chi connectivity index (χ4n) is 0.944. The molecule has 0 amide bonds. The molecule has 5 nitrogen and oxygen atoms in total. The summed E-state index contributed by atoms with van der Waals surface area (Å²) in [6.07, 6.45) is 0. The molecule has 0 radical (unpaired) electrons. The van der Waals surface area contributed by atoms with Gasteiger partial charge in [-0.3, -0.25) is 14.9 Å². The molecule has 0 saturated carbocycles. The lowest BCUT2D eigenvalue weighted by Crippen LogP contribution is -2.13. The number of Topliss-reactive ketones (excluding diaryl/α,β-unsaturated/α-hetero) is 1. The number of benzene rings is 1. The number of ketones is 1. The van der Waals surface area contributed by atoms with Gasteiger partial charge in [-0.25, -0.2) is 0 Å². The van der Waals surface area contributed by atoms with Crippen LogP contribution < -0.4 is 5.73 Å². The molecule has 0 unspecified atom stereocenters. The third kappa shape index (κ3) is 2.15. The van der Waals surface area contributed by atoms with Gasteiger partial charge < -0.3 is 5.73 Å². The zero-order valence-corrected chi connectivity index (χ0v) is 8.65. The fraction of sp³-hybridized carbons (Fsp3) is 0.125. The predicted octanol–water partition coefficient (Wildman–Crippen LogP) is 1.50. The Balaban J connectivity index is 3.19. The van der Waals surface area contributed by atoms with Crippen molar-refractivity contribution in [3.05, 3.63) is 38.3 Å². The number of nitrogens with zero attached hydrogens (tertiary/aromatic N) is 1. The maximum Gasteiger partial charge on any atom is 0.284 e. The molecule has 0 fully saturated rings. The topological polar surface area (TPSA) is 86.2 Å². The summed E-state index contributed by atoms with van der Waals surface area (Å²) < 4.78 is 0.344. The highest BCUT2D eigenvalue weighted by Crippen LogP contribution is 2.25. The van der Waals surface area contributed by atoms with Gasteiger partial charge in [-0.05, 0) is 28.1 Å². The number of hydrogen-bond acceptors (Lipinski definition) is 4. The van der Waals surface area contributed by atoms with E-state index in [1.54, 1.807) is 0 Å². The molecule has 0 saturated heterocycles. The molecule has 1 aromatic rings. The Morgan fingerprint density at radius 1 is 1.57 bits per heavy atom. The van der Waals surface area contributed by atoms with Crippen molar-refractivity contribution in [3.8, 4) is 0 Å². The fourth-order valence-corrected chi connectivity index (χ4v) is 1.34. The van der Waals surface area contributed by atoms with Crippen molar-refractivity contribution in [3.63, 3.8) is 0 Å². The van der Waals surface area contributed by atoms with Gasteiger partial charge in [0.05, 0.1) is 15.9 Å². The molecule has 1 rings (SSSR count). The highest BCUT2D eigenvalue weighted by molar-refractivity contribution is 9.10. The third-order valence-corrected chi connectivity index (χ3v) is 2.32. The van der Waals surface area contributed by atoms with Crippen molar-refractivity contribution in [2.75, 3.05) is 6.54 Å². The first-order chi connectivity index (χ1) is 6.56. The summed E-state index contributed by atoms with van der Waals surface area (Å²) >= 11 is 3.02. The number of nitro groups is 1. The molecule has 14 heavy (non-hydrogen) atoms. The van der Waals surface area contributed by atoms with E-state index in [9.17, 15) is 14.9 Å². The van der Waals surface area contributed by atoms with E-state index in [2.05, 4.69) is 15.9 Å². The maximum absolute atomic E-state index is 11.1. The van der Waals surface area contributed by atoms with E-state index in [0.717, 1.165) is 0 Å². The first kappa shape index (κ1) is 10.8. The van der Waals surface area contributed by atoms with Gasteiger partial charge in [0.25, 0.3) is 5.69 Å². The maximum atomic E-state index is 11.1. The van der Waals surface area contributed by atoms with E-state index in [1.807, 2.05) is 0 Å². The van der Waals surface area contributed by atoms with Crippen LogP contribution in [0.5, 0.6) is 0 Å². The van der Waals surface area contributed by atoms with Crippen LogP contribution in [0.2, 0.25) is 0 Å². The number of carbonyl (C=O) groups is 1. The highest BCUT2D eigenvalue weighted by Gasteiger charge is 2.14. The van der Waals surface area contributed by atoms with Gasteiger partial charge in [0.1, 0.15) is 0 Å². The molecule has 0 aliphatic rings. The summed E-state index contributed by atoms with van der Waals surface area (Å²) in [7, 11) is 0. The van der Waals surface area contributed by atoms with Crippen molar-refractivity contribution in [2.24, 2.45) is 5.73 Å². The van der Waals surface area contributed by atoms with Crippen molar-refractivity contribution < 1.29 is 9.72 Å². The molecule has 0 aromatic heterocycles. The Hall–Kier alpha value is -1.27. The zero-order chi connectivity index (χ0) is 10.7. The van der Waals surface area contributed by atoms with Crippen molar-refractivity contribution >= 4 is 27.4 Å². The molecule has 6 heteroatoms. The molecule has 74 valence electrons. The Morgan fingerprint density at radius 3 is 2.71 bits per heavy atom. The molecule has 0 atom stereocenters. The van der Waals surface area contributed by atoms with Crippen LogP contribution in [0, 0.1) is 10.1 Å². The van der Waals surface area contributed by atoms with Crippen molar-refractivity contribution in [1.82, 2.24) is 0 Å². The largest absolute Gasteiger partial charge is 0.324 e. The van der Waals surface area contributed by atoms with Crippen molar-refractivity contribution in [2.45, 2.75) is 0 Å². The molecule has 0 heterocycles. The number of halogens is 1. The quantitative estimate of drug-likeness (QED) is 0.506. The van der Waals surface area contributed by atoms with E-state index in [0.29, 0.717) is 4.47 Å². The monoisotopic (exact) mass is 258 g/mol. The molecule has 0 aliphatic carbocycles. The van der Waals surface area contributed by atoms with Crippen LogP contribution in [0.25, 0.3) is 0 Å². The first-order valence-corrected chi connectivity index (χ1v) is 4.52. The Morgan fingerprint density at radius 2 is 2.21 bits per heavy atom. The van der Waals surface area contributed by atoms with E-state index >= 15 is 0 Å². The minimum atomic E-state index is -0.558. The number of nitro benzene ring substituents is 1. The summed E-state index contributed by atoms with van der Waals surface area (Å²) in [5.41, 5.74) is 5.25. The van der Waals surface area contributed by atoms with Gasteiger partial charge in [-0.1, -0.05) is 0 Å². The van der Waals surface area contributed by atoms with Crippen LogP contribution in [0.1, 0.15) is 10.4 Å². The van der Waals surface area contributed by atoms with Crippen LogP contribution >= 0.6 is 15.9 Å². The van der Waals surface area contributed by atoms with Crippen LogP contribution in [0.3, 0.4) is 0 Å². The second-order valence-corrected chi connectivity index (χ2v) is 3.40. The average Bonchev–Trinajstić information content (AvgIpc) is 2.17. The molecular weight excluding hydrogens is 252 g/mol. The third-order valence-electron chi connectivity index (χ3n) is 1.65. The van der Waals surface area contributed by atoms with Gasteiger partial charge >= 0.3 is 0 Å². The minimum absolute atomic E-state index is 0.135. The highest BCUT2D eigenvalue weighted by atomic mass is 79.9. The van der Waals surface area contributed by atoms with E-state index in [-0.39, 0.29) is 23.6 Å². The number of rotatable bonds is 3. The molecular formula is C8H7BrN2O3. The van der Waals surface area contributed by atoms with Gasteiger partial charge in [-0.2, -0.15) is 0 Å². The van der Waals surface area contributed by atoms with Gasteiger partial charge in [-0.15, -0.1) is 0 Å². The van der Waals surface area contributed by atoms with Crippen LogP contribution in [0.4, 0.5) is 5.69 Å². The summed E-state index contributed by atoms with van der Waals surface area (Å²) in [5, 5.41) is 10.5. The summed E-state index contributed by atoms with van der Waals surface area (Å²) in [6.45, 7) is -0.154. The summed E-state index contributed by atoms with van der Waals surface area (Å²) in [6, 6.07) is 4.16. The molecule has 0 bridgehead atoms. The lowest BCUT2D eigenvalue weighted by atomic mass is 10.1. The SMILES string of the molecule is NCC(=O)c1ccc(Br)c([N+](=O)[O-])c1. The second kappa shape index (κ2) is 4.30. The first-order valence-electron chi connectivity index (χ1n) is 3.73. The second-order valence-electron chi connectivity index (χ2n) is 2.55. The molecule has 2 N–H and O–H groups in total. The Kier molecular flexibility index (Phi) is 3.32. The standard InChI is InChI=1S/C8H7BrN2O3/c9-6-2-1-5(8(12)4-10)3-7(6)11(13)14/h1-3H,4,10H2. The van der Waals surface area contributed by atoms with Gasteiger partial charge in [0.15, 0.2) is 5.78 Å². The molecule has 1 aromatic carbocycles. The van der Waals surface area contributed by atoms with E-state index in [4.69, 9.17) is 5.73 Å².